The maximum atomic E-state index is 12.5. The summed E-state index contributed by atoms with van der Waals surface area (Å²) < 4.78 is 12.3. The van der Waals surface area contributed by atoms with E-state index < -0.39 is 6.80 Å². The SMILES string of the molecule is C=N/C=C(\SCc1cnc(C)c(P)c1)C(=O)N/C(C=NCF)=C/C(C)P. The highest BCUT2D eigenvalue weighted by atomic mass is 32.2. The normalized spacial score (nSPS) is 13.7. The Kier molecular flexibility index (Phi) is 10.5. The number of hydrogen-bond acceptors (Lipinski definition) is 5. The molecule has 0 aliphatic rings. The molecule has 1 aromatic rings. The zero-order valence-corrected chi connectivity index (χ0v) is 17.9. The number of aliphatic imine (C=N–C) groups is 2. The fraction of sp³-hybridized carbons (Fsp3) is 0.294. The minimum atomic E-state index is -0.845. The van der Waals surface area contributed by atoms with Crippen molar-refractivity contribution in [2.45, 2.75) is 25.3 Å². The van der Waals surface area contributed by atoms with Crippen molar-refractivity contribution in [1.29, 1.82) is 0 Å². The molecule has 140 valence electrons. The molecule has 1 N–H and O–H groups in total. The van der Waals surface area contributed by atoms with Gasteiger partial charge in [-0.2, -0.15) is 0 Å². The molecule has 26 heavy (non-hydrogen) atoms. The van der Waals surface area contributed by atoms with Crippen LogP contribution in [0.5, 0.6) is 0 Å². The number of rotatable bonds is 9. The van der Waals surface area contributed by atoms with Crippen LogP contribution in [0, 0.1) is 6.92 Å². The molecule has 1 heterocycles. The van der Waals surface area contributed by atoms with E-state index >= 15 is 0 Å². The van der Waals surface area contributed by atoms with Crippen molar-refractivity contribution in [3.63, 3.8) is 0 Å². The number of aryl methyl sites for hydroxylation is 1. The average molecular weight is 412 g/mol. The topological polar surface area (TPSA) is 66.7 Å². The fourth-order valence-corrected chi connectivity index (χ4v) is 3.11. The molecule has 5 nitrogen and oxygen atoms in total. The molecule has 1 rings (SSSR count). The van der Waals surface area contributed by atoms with E-state index in [-0.39, 0.29) is 11.6 Å². The van der Waals surface area contributed by atoms with Crippen LogP contribution in [0.1, 0.15) is 18.2 Å². The van der Waals surface area contributed by atoms with E-state index in [9.17, 15) is 9.18 Å². The number of carbonyl (C=O) groups excluding carboxylic acids is 1. The summed E-state index contributed by atoms with van der Waals surface area (Å²) in [7, 11) is 5.22. The predicted molar refractivity (Wildman–Crippen MR) is 117 cm³/mol. The Hall–Kier alpha value is -1.42. The Morgan fingerprint density at radius 1 is 1.58 bits per heavy atom. The van der Waals surface area contributed by atoms with Gasteiger partial charge < -0.3 is 5.32 Å². The van der Waals surface area contributed by atoms with Gasteiger partial charge in [0.15, 0.2) is 6.80 Å². The third-order valence-corrected chi connectivity index (χ3v) is 4.87. The van der Waals surface area contributed by atoms with Gasteiger partial charge in [-0.05, 0) is 36.2 Å². The zero-order valence-electron chi connectivity index (χ0n) is 14.8. The molecule has 0 aliphatic carbocycles. The Bertz CT molecular complexity index is 735. The van der Waals surface area contributed by atoms with Gasteiger partial charge in [0, 0.05) is 30.1 Å². The van der Waals surface area contributed by atoms with Crippen LogP contribution in [0.25, 0.3) is 0 Å². The summed E-state index contributed by atoms with van der Waals surface area (Å²) in [4.78, 5) is 24.5. The molecule has 9 heteroatoms. The first-order chi connectivity index (χ1) is 12.4. The third kappa shape index (κ3) is 8.31. The molecule has 0 aromatic carbocycles. The highest BCUT2D eigenvalue weighted by Gasteiger charge is 2.12. The summed E-state index contributed by atoms with van der Waals surface area (Å²) in [5.74, 6) is 0.206. The van der Waals surface area contributed by atoms with Crippen molar-refractivity contribution >= 4 is 54.4 Å². The second-order valence-corrected chi connectivity index (χ2v) is 8.04. The van der Waals surface area contributed by atoms with E-state index in [4.69, 9.17) is 0 Å². The minimum absolute atomic E-state index is 0.0908. The smallest absolute Gasteiger partial charge is 0.263 e. The van der Waals surface area contributed by atoms with E-state index in [0.29, 0.717) is 16.4 Å². The summed E-state index contributed by atoms with van der Waals surface area (Å²) in [5, 5.41) is 3.74. The zero-order chi connectivity index (χ0) is 19.5. The average Bonchev–Trinajstić information content (AvgIpc) is 2.58. The number of carbonyl (C=O) groups is 1. The predicted octanol–water partition coefficient (Wildman–Crippen LogP) is 2.93. The summed E-state index contributed by atoms with van der Waals surface area (Å²) >= 11 is 1.32. The van der Waals surface area contributed by atoms with Crippen molar-refractivity contribution in [2.24, 2.45) is 9.98 Å². The fourth-order valence-electron chi connectivity index (χ4n) is 1.81. The number of nitrogens with one attached hydrogen (secondary N) is 1. The molecule has 1 aromatic heterocycles. The number of alkyl halides is 1. The van der Waals surface area contributed by atoms with Gasteiger partial charge in [0.2, 0.25) is 0 Å². The van der Waals surface area contributed by atoms with Crippen molar-refractivity contribution in [2.75, 3.05) is 6.80 Å². The first-order valence-corrected chi connectivity index (χ1v) is 9.94. The lowest BCUT2D eigenvalue weighted by Gasteiger charge is -2.10. The van der Waals surface area contributed by atoms with Crippen LogP contribution < -0.4 is 10.6 Å². The van der Waals surface area contributed by atoms with Gasteiger partial charge in [-0.15, -0.1) is 30.2 Å². The highest BCUT2D eigenvalue weighted by Crippen LogP contribution is 2.22. The third-order valence-electron chi connectivity index (χ3n) is 3.01. The quantitative estimate of drug-likeness (QED) is 0.294. The van der Waals surface area contributed by atoms with E-state index in [1.807, 2.05) is 19.9 Å². The van der Waals surface area contributed by atoms with Crippen LogP contribution in [-0.2, 0) is 10.5 Å². The van der Waals surface area contributed by atoms with Gasteiger partial charge in [0.1, 0.15) is 0 Å². The molecule has 1 amide bonds. The Morgan fingerprint density at radius 2 is 2.31 bits per heavy atom. The molecule has 0 radical (unpaired) electrons. The molecule has 3 unspecified atom stereocenters. The van der Waals surface area contributed by atoms with Crippen molar-refractivity contribution in [1.82, 2.24) is 10.3 Å². The van der Waals surface area contributed by atoms with Gasteiger partial charge in [-0.1, -0.05) is 13.0 Å². The van der Waals surface area contributed by atoms with Crippen LogP contribution in [0.2, 0.25) is 0 Å². The number of thioether (sulfide) groups is 1. The number of pyridine rings is 1. The molecule has 0 aliphatic heterocycles. The van der Waals surface area contributed by atoms with E-state index in [1.54, 1.807) is 12.3 Å². The Morgan fingerprint density at radius 3 is 2.88 bits per heavy atom. The lowest BCUT2D eigenvalue weighted by Crippen LogP contribution is -2.25. The van der Waals surface area contributed by atoms with E-state index in [2.05, 4.69) is 45.5 Å². The molecule has 0 saturated heterocycles. The molecule has 3 atom stereocenters. The second-order valence-electron chi connectivity index (χ2n) is 5.35. The Balaban J connectivity index is 2.85. The summed E-state index contributed by atoms with van der Waals surface area (Å²) in [6.07, 6.45) is 6.24. The largest absolute Gasteiger partial charge is 0.320 e. The second kappa shape index (κ2) is 12.1. The molecular weight excluding hydrogens is 389 g/mol. The van der Waals surface area contributed by atoms with Gasteiger partial charge in [-0.25, -0.2) is 4.39 Å². The Labute approximate surface area is 162 Å². The number of nitrogens with zero attached hydrogens (tertiary/aromatic N) is 3. The van der Waals surface area contributed by atoms with Crippen LogP contribution in [0.3, 0.4) is 0 Å². The van der Waals surface area contributed by atoms with Crippen LogP contribution in [0.4, 0.5) is 4.39 Å². The van der Waals surface area contributed by atoms with Crippen LogP contribution >= 0.6 is 30.2 Å². The molecular formula is C17H23FN4OP2S. The van der Waals surface area contributed by atoms with Gasteiger partial charge in [0.05, 0.1) is 10.6 Å². The van der Waals surface area contributed by atoms with Gasteiger partial charge in [-0.3, -0.25) is 19.8 Å². The minimum Gasteiger partial charge on any atom is -0.320 e. The maximum Gasteiger partial charge on any atom is 0.263 e. The van der Waals surface area contributed by atoms with Gasteiger partial charge >= 0.3 is 0 Å². The first kappa shape index (κ1) is 22.6. The lowest BCUT2D eigenvalue weighted by molar-refractivity contribution is -0.116. The van der Waals surface area contributed by atoms with Crippen LogP contribution in [-0.4, -0.2) is 36.3 Å². The summed E-state index contributed by atoms with van der Waals surface area (Å²) in [5.41, 5.74) is 2.45. The number of aromatic nitrogens is 1. The van der Waals surface area contributed by atoms with Gasteiger partial charge in [0.25, 0.3) is 5.91 Å². The molecule has 0 spiro atoms. The lowest BCUT2D eigenvalue weighted by atomic mass is 10.3. The van der Waals surface area contributed by atoms with Crippen LogP contribution in [0.15, 0.2) is 45.1 Å². The molecule has 0 bridgehead atoms. The molecule has 0 fully saturated rings. The molecule has 0 saturated carbocycles. The van der Waals surface area contributed by atoms with Crippen molar-refractivity contribution in [3.05, 3.63) is 46.4 Å². The number of hydrogen-bond donors (Lipinski definition) is 1. The van der Waals surface area contributed by atoms with Crippen molar-refractivity contribution < 1.29 is 9.18 Å². The number of amides is 1. The maximum absolute atomic E-state index is 12.5. The summed E-state index contributed by atoms with van der Waals surface area (Å²) in [6, 6.07) is 2.01. The van der Waals surface area contributed by atoms with E-state index in [0.717, 1.165) is 16.6 Å². The standard InChI is InChI=1S/C17H23FN4OP2S/c1-11(24)4-14(7-20-10-18)22-17(23)16(8-19-3)26-9-13-5-15(25)12(2)21-6-13/h4-8,11H,3,9-10,24-25H2,1-2H3,(H,22,23)/b14-4+,16-8-,20-7?. The number of halogens is 1. The van der Waals surface area contributed by atoms with Crippen molar-refractivity contribution in [3.8, 4) is 0 Å². The number of allylic oxidation sites excluding steroid dienone is 2. The van der Waals surface area contributed by atoms with E-state index in [1.165, 1.54) is 24.2 Å². The summed E-state index contributed by atoms with van der Waals surface area (Å²) in [6.45, 7) is 6.41. The monoisotopic (exact) mass is 412 g/mol. The highest BCUT2D eigenvalue weighted by molar-refractivity contribution is 8.03. The first-order valence-electron chi connectivity index (χ1n) is 7.71.